The lowest BCUT2D eigenvalue weighted by molar-refractivity contribution is -0.155. The lowest BCUT2D eigenvalue weighted by Gasteiger charge is -2.46. The van der Waals surface area contributed by atoms with Crippen molar-refractivity contribution in [3.63, 3.8) is 0 Å². The Morgan fingerprint density at radius 2 is 1.79 bits per heavy atom. The number of aliphatic hydroxyl groups excluding tert-OH is 4. The van der Waals surface area contributed by atoms with E-state index in [1.165, 1.54) is 6.42 Å². The minimum Gasteiger partial charge on any atom is -0.395 e. The van der Waals surface area contributed by atoms with Crippen LogP contribution >= 0.6 is 0 Å². The van der Waals surface area contributed by atoms with E-state index in [1.54, 1.807) is 0 Å². The highest BCUT2D eigenvalue weighted by molar-refractivity contribution is 4.96. The van der Waals surface area contributed by atoms with Gasteiger partial charge in [-0.3, -0.25) is 4.90 Å². The van der Waals surface area contributed by atoms with Crippen molar-refractivity contribution in [1.29, 1.82) is 0 Å². The molecule has 5 unspecified atom stereocenters. The molecular weight excluding hydrogens is 246 g/mol. The maximum atomic E-state index is 9.98. The van der Waals surface area contributed by atoms with Gasteiger partial charge < -0.3 is 20.4 Å². The third-order valence-electron chi connectivity index (χ3n) is 4.23. The lowest BCUT2D eigenvalue weighted by Crippen LogP contribution is -2.64. The van der Waals surface area contributed by atoms with E-state index < -0.39 is 24.4 Å². The first-order valence-corrected chi connectivity index (χ1v) is 7.47. The second kappa shape index (κ2) is 8.17. The van der Waals surface area contributed by atoms with Gasteiger partial charge in [0, 0.05) is 12.6 Å². The predicted molar refractivity (Wildman–Crippen MR) is 73.8 cm³/mol. The van der Waals surface area contributed by atoms with E-state index in [4.69, 9.17) is 0 Å². The van der Waals surface area contributed by atoms with Crippen molar-refractivity contribution >= 4 is 0 Å². The van der Waals surface area contributed by atoms with Gasteiger partial charge in [0.25, 0.3) is 0 Å². The molecular formula is C14H29NO4. The predicted octanol–water partition coefficient (Wildman–Crippen LogP) is 0.104. The van der Waals surface area contributed by atoms with Gasteiger partial charge in [0.15, 0.2) is 0 Å². The summed E-state index contributed by atoms with van der Waals surface area (Å²) < 4.78 is 0. The van der Waals surface area contributed by atoms with Gasteiger partial charge in [-0.2, -0.15) is 0 Å². The van der Waals surface area contributed by atoms with Gasteiger partial charge in [-0.1, -0.05) is 33.1 Å². The molecule has 0 bridgehead atoms. The maximum Gasteiger partial charge on any atom is 0.109 e. The van der Waals surface area contributed by atoms with Crippen molar-refractivity contribution in [3.05, 3.63) is 0 Å². The summed E-state index contributed by atoms with van der Waals surface area (Å²) in [6.07, 6.45) is 2.14. The van der Waals surface area contributed by atoms with Gasteiger partial charge in [0.1, 0.15) is 12.2 Å². The van der Waals surface area contributed by atoms with Crippen LogP contribution in [-0.4, -0.2) is 68.9 Å². The van der Waals surface area contributed by atoms with Crippen molar-refractivity contribution in [2.75, 3.05) is 13.2 Å². The molecule has 5 heteroatoms. The molecule has 0 amide bonds. The fraction of sp³-hybridized carbons (Fsp3) is 1.00. The van der Waals surface area contributed by atoms with Crippen molar-refractivity contribution < 1.29 is 20.4 Å². The van der Waals surface area contributed by atoms with E-state index >= 15 is 0 Å². The van der Waals surface area contributed by atoms with Crippen LogP contribution in [0.1, 0.15) is 46.0 Å². The van der Waals surface area contributed by atoms with Gasteiger partial charge in [0.05, 0.1) is 18.8 Å². The topological polar surface area (TPSA) is 84.2 Å². The van der Waals surface area contributed by atoms with Crippen LogP contribution in [0.5, 0.6) is 0 Å². The van der Waals surface area contributed by atoms with Crippen molar-refractivity contribution in [2.45, 2.75) is 76.3 Å². The number of aliphatic hydroxyl groups is 4. The Morgan fingerprint density at radius 3 is 2.32 bits per heavy atom. The maximum absolute atomic E-state index is 9.98. The summed E-state index contributed by atoms with van der Waals surface area (Å²) in [7, 11) is 0. The summed E-state index contributed by atoms with van der Waals surface area (Å²) in [5, 5.41) is 39.0. The third kappa shape index (κ3) is 4.13. The van der Waals surface area contributed by atoms with Crippen molar-refractivity contribution in [2.24, 2.45) is 0 Å². The molecule has 1 rings (SSSR count). The summed E-state index contributed by atoms with van der Waals surface area (Å²) in [6.45, 7) is 4.35. The van der Waals surface area contributed by atoms with E-state index in [0.717, 1.165) is 25.7 Å². The van der Waals surface area contributed by atoms with E-state index in [9.17, 15) is 20.4 Å². The lowest BCUT2D eigenvalue weighted by atomic mass is 9.91. The molecule has 0 aromatic heterocycles. The zero-order chi connectivity index (χ0) is 14.4. The van der Waals surface area contributed by atoms with Crippen LogP contribution in [0.2, 0.25) is 0 Å². The van der Waals surface area contributed by atoms with E-state index in [-0.39, 0.29) is 12.6 Å². The summed E-state index contributed by atoms with van der Waals surface area (Å²) in [6, 6.07) is -0.245. The minimum absolute atomic E-state index is 0.199. The smallest absolute Gasteiger partial charge is 0.109 e. The van der Waals surface area contributed by atoms with Crippen LogP contribution < -0.4 is 0 Å². The molecule has 0 aliphatic carbocycles. The van der Waals surface area contributed by atoms with Gasteiger partial charge in [-0.05, 0) is 12.8 Å². The average Bonchev–Trinajstić information content (AvgIpc) is 2.41. The Kier molecular flexibility index (Phi) is 7.25. The summed E-state index contributed by atoms with van der Waals surface area (Å²) in [5.74, 6) is 0. The van der Waals surface area contributed by atoms with Gasteiger partial charge in [0.2, 0.25) is 0 Å². The molecule has 1 fully saturated rings. The standard InChI is InChI=1S/C14H29NO4/c1-3-5-6-7-10(4-2)15-8-12(17)14(19)13(18)11(15)9-16/h10-14,16-19H,3-9H2,1-2H3. The quantitative estimate of drug-likeness (QED) is 0.496. The second-order valence-electron chi connectivity index (χ2n) is 5.55. The number of hydrogen-bond donors (Lipinski definition) is 4. The zero-order valence-electron chi connectivity index (χ0n) is 12.1. The number of hydrogen-bond acceptors (Lipinski definition) is 5. The van der Waals surface area contributed by atoms with Crippen LogP contribution in [0.4, 0.5) is 0 Å². The van der Waals surface area contributed by atoms with E-state index in [1.807, 2.05) is 4.90 Å². The molecule has 5 nitrogen and oxygen atoms in total. The van der Waals surface area contributed by atoms with Crippen molar-refractivity contribution in [1.82, 2.24) is 4.90 Å². The Hall–Kier alpha value is -0.200. The van der Waals surface area contributed by atoms with E-state index in [0.29, 0.717) is 6.54 Å². The van der Waals surface area contributed by atoms with Gasteiger partial charge >= 0.3 is 0 Å². The Labute approximate surface area is 115 Å². The monoisotopic (exact) mass is 275 g/mol. The molecule has 0 radical (unpaired) electrons. The highest BCUT2D eigenvalue weighted by Crippen LogP contribution is 2.25. The molecule has 0 spiro atoms. The summed E-state index contributed by atoms with van der Waals surface area (Å²) >= 11 is 0. The number of β-amino-alcohol motifs (C(OH)–C–C–N with tert-alkyl or cyclic N) is 1. The Bertz CT molecular complexity index is 252. The highest BCUT2D eigenvalue weighted by Gasteiger charge is 2.42. The first kappa shape index (κ1) is 16.9. The van der Waals surface area contributed by atoms with Crippen LogP contribution in [0.3, 0.4) is 0 Å². The molecule has 0 aromatic carbocycles. The SMILES string of the molecule is CCCCCC(CC)N1CC(O)C(O)C(O)C1CO. The Balaban J connectivity index is 2.70. The van der Waals surface area contributed by atoms with Gasteiger partial charge in [-0.25, -0.2) is 0 Å². The zero-order valence-corrected chi connectivity index (χ0v) is 12.1. The second-order valence-corrected chi connectivity index (χ2v) is 5.55. The van der Waals surface area contributed by atoms with Crippen LogP contribution in [-0.2, 0) is 0 Å². The van der Waals surface area contributed by atoms with E-state index in [2.05, 4.69) is 13.8 Å². The van der Waals surface area contributed by atoms with Crippen LogP contribution in [0, 0.1) is 0 Å². The highest BCUT2D eigenvalue weighted by atomic mass is 16.4. The summed E-state index contributed by atoms with van der Waals surface area (Å²) in [5.41, 5.74) is 0. The summed E-state index contributed by atoms with van der Waals surface area (Å²) in [4.78, 5) is 1.97. The molecule has 1 heterocycles. The first-order chi connectivity index (χ1) is 9.06. The normalized spacial score (nSPS) is 34.4. The number of unbranched alkanes of at least 4 members (excludes halogenated alkanes) is 2. The molecule has 19 heavy (non-hydrogen) atoms. The number of piperidine rings is 1. The molecule has 114 valence electrons. The van der Waals surface area contributed by atoms with Crippen LogP contribution in [0.25, 0.3) is 0 Å². The fourth-order valence-electron chi connectivity index (χ4n) is 2.98. The molecule has 5 atom stereocenters. The molecule has 0 saturated carbocycles. The fourth-order valence-corrected chi connectivity index (χ4v) is 2.98. The Morgan fingerprint density at radius 1 is 1.11 bits per heavy atom. The van der Waals surface area contributed by atoms with Crippen LogP contribution in [0.15, 0.2) is 0 Å². The molecule has 1 aliphatic heterocycles. The number of nitrogens with zero attached hydrogens (tertiary/aromatic N) is 1. The van der Waals surface area contributed by atoms with Gasteiger partial charge in [-0.15, -0.1) is 0 Å². The average molecular weight is 275 g/mol. The molecule has 0 aromatic rings. The minimum atomic E-state index is -1.17. The molecule has 1 saturated heterocycles. The molecule has 4 N–H and O–H groups in total. The molecule has 1 aliphatic rings. The number of rotatable bonds is 7. The third-order valence-corrected chi connectivity index (χ3v) is 4.23. The number of likely N-dealkylation sites (tertiary alicyclic amines) is 1. The first-order valence-electron chi connectivity index (χ1n) is 7.47. The van der Waals surface area contributed by atoms with Crippen molar-refractivity contribution in [3.8, 4) is 0 Å². The largest absolute Gasteiger partial charge is 0.395 e.